The molecule has 0 N–H and O–H groups in total. The molecule has 0 atom stereocenters. The molecule has 1 aliphatic rings. The standard InChI is InChI=1S/C24H26N2O2/c1-17-22(20-10-6-7-11-21(20)25(17)2)23(27)24(28)26-14-12-19(13-15-26)16-18-8-4-3-5-9-18/h3-11,19H,12-16H2,1-2H3. The summed E-state index contributed by atoms with van der Waals surface area (Å²) in [6.07, 6.45) is 2.93. The third kappa shape index (κ3) is 3.35. The van der Waals surface area contributed by atoms with Crippen LogP contribution in [0, 0.1) is 12.8 Å². The van der Waals surface area contributed by atoms with Gasteiger partial charge in [0.05, 0.1) is 5.56 Å². The van der Waals surface area contributed by atoms with Crippen LogP contribution in [0.4, 0.5) is 0 Å². The van der Waals surface area contributed by atoms with Crippen LogP contribution < -0.4 is 0 Å². The topological polar surface area (TPSA) is 42.3 Å². The zero-order valence-electron chi connectivity index (χ0n) is 16.5. The number of para-hydroxylation sites is 1. The average molecular weight is 374 g/mol. The zero-order valence-corrected chi connectivity index (χ0v) is 16.5. The molecule has 28 heavy (non-hydrogen) atoms. The van der Waals surface area contributed by atoms with Crippen molar-refractivity contribution in [3.8, 4) is 0 Å². The number of aromatic nitrogens is 1. The van der Waals surface area contributed by atoms with E-state index in [0.717, 1.165) is 35.9 Å². The van der Waals surface area contributed by atoms with Gasteiger partial charge < -0.3 is 9.47 Å². The second-order valence-corrected chi connectivity index (χ2v) is 7.79. The Morgan fingerprint density at radius 3 is 2.32 bits per heavy atom. The van der Waals surface area contributed by atoms with E-state index in [9.17, 15) is 9.59 Å². The molecule has 2 aromatic carbocycles. The van der Waals surface area contributed by atoms with Crippen LogP contribution in [0.3, 0.4) is 0 Å². The van der Waals surface area contributed by atoms with E-state index in [1.54, 1.807) is 4.90 Å². The number of Topliss-reactive ketones (excluding diaryl/α,β-unsaturated/α-hetero) is 1. The van der Waals surface area contributed by atoms with E-state index in [4.69, 9.17) is 0 Å². The maximum absolute atomic E-state index is 13.1. The second-order valence-electron chi connectivity index (χ2n) is 7.79. The van der Waals surface area contributed by atoms with Gasteiger partial charge in [-0.15, -0.1) is 0 Å². The van der Waals surface area contributed by atoms with E-state index in [1.807, 2.05) is 48.9 Å². The van der Waals surface area contributed by atoms with Crippen LogP contribution >= 0.6 is 0 Å². The number of carbonyl (C=O) groups is 2. The van der Waals surface area contributed by atoms with Gasteiger partial charge >= 0.3 is 0 Å². The number of hydrogen-bond acceptors (Lipinski definition) is 2. The van der Waals surface area contributed by atoms with E-state index in [1.165, 1.54) is 5.56 Å². The number of rotatable bonds is 4. The highest BCUT2D eigenvalue weighted by molar-refractivity contribution is 6.45. The fourth-order valence-electron chi connectivity index (χ4n) is 4.35. The van der Waals surface area contributed by atoms with Crippen LogP contribution in [0.25, 0.3) is 10.9 Å². The molecule has 2 heterocycles. The second kappa shape index (κ2) is 7.63. The van der Waals surface area contributed by atoms with E-state index in [-0.39, 0.29) is 11.7 Å². The third-order valence-electron chi connectivity index (χ3n) is 6.09. The van der Waals surface area contributed by atoms with Crippen molar-refractivity contribution in [3.05, 3.63) is 71.4 Å². The predicted molar refractivity (Wildman–Crippen MR) is 111 cm³/mol. The lowest BCUT2D eigenvalue weighted by Gasteiger charge is -2.31. The molecule has 4 heteroatoms. The maximum atomic E-state index is 13.1. The Morgan fingerprint density at radius 2 is 1.61 bits per heavy atom. The summed E-state index contributed by atoms with van der Waals surface area (Å²) in [6.45, 7) is 3.23. The summed E-state index contributed by atoms with van der Waals surface area (Å²) in [5.41, 5.74) is 3.72. The molecular formula is C24H26N2O2. The minimum Gasteiger partial charge on any atom is -0.347 e. The fraction of sp³-hybridized carbons (Fsp3) is 0.333. The number of aryl methyl sites for hydroxylation is 1. The summed E-state index contributed by atoms with van der Waals surface area (Å²) >= 11 is 0. The first-order chi connectivity index (χ1) is 13.6. The molecule has 0 spiro atoms. The molecule has 144 valence electrons. The summed E-state index contributed by atoms with van der Waals surface area (Å²) in [4.78, 5) is 27.7. The van der Waals surface area contributed by atoms with Gasteiger partial charge in [0.15, 0.2) is 0 Å². The van der Waals surface area contributed by atoms with Gasteiger partial charge in [-0.25, -0.2) is 0 Å². The number of benzene rings is 2. The van der Waals surface area contributed by atoms with Gasteiger partial charge in [0.25, 0.3) is 11.7 Å². The Balaban J connectivity index is 1.46. The third-order valence-corrected chi connectivity index (χ3v) is 6.09. The molecule has 0 aliphatic carbocycles. The van der Waals surface area contributed by atoms with Crippen LogP contribution in [-0.2, 0) is 18.3 Å². The molecule has 0 radical (unpaired) electrons. The molecule has 3 aromatic rings. The van der Waals surface area contributed by atoms with Crippen molar-refractivity contribution >= 4 is 22.6 Å². The van der Waals surface area contributed by atoms with Gasteiger partial charge in [-0.1, -0.05) is 48.5 Å². The van der Waals surface area contributed by atoms with E-state index in [2.05, 4.69) is 24.3 Å². The molecule has 0 unspecified atom stereocenters. The largest absolute Gasteiger partial charge is 0.347 e. The Morgan fingerprint density at radius 1 is 0.964 bits per heavy atom. The minimum absolute atomic E-state index is 0.363. The summed E-state index contributed by atoms with van der Waals surface area (Å²) < 4.78 is 1.99. The summed E-state index contributed by atoms with van der Waals surface area (Å²) in [6, 6.07) is 18.3. The average Bonchev–Trinajstić information content (AvgIpc) is 2.99. The number of likely N-dealkylation sites (tertiary alicyclic amines) is 1. The molecule has 1 fully saturated rings. The van der Waals surface area contributed by atoms with Gasteiger partial charge in [0.1, 0.15) is 0 Å². The number of nitrogens with zero attached hydrogens (tertiary/aromatic N) is 2. The Bertz CT molecular complexity index is 1010. The Kier molecular flexibility index (Phi) is 5.03. The SMILES string of the molecule is Cc1c(C(=O)C(=O)N2CCC(Cc3ccccc3)CC2)c2ccccc2n1C. The Hall–Kier alpha value is -2.88. The molecule has 0 bridgehead atoms. The summed E-state index contributed by atoms with van der Waals surface area (Å²) in [7, 11) is 1.94. The molecule has 1 aromatic heterocycles. The molecule has 0 saturated carbocycles. The van der Waals surface area contributed by atoms with Gasteiger partial charge in [-0.3, -0.25) is 9.59 Å². The first-order valence-corrected chi connectivity index (χ1v) is 9.98. The molecule has 4 rings (SSSR count). The number of carbonyl (C=O) groups excluding carboxylic acids is 2. The van der Waals surface area contributed by atoms with Gasteiger partial charge in [0, 0.05) is 36.7 Å². The molecular weight excluding hydrogens is 348 g/mol. The minimum atomic E-state index is -0.379. The van der Waals surface area contributed by atoms with E-state index in [0.29, 0.717) is 24.6 Å². The fourth-order valence-corrected chi connectivity index (χ4v) is 4.35. The maximum Gasteiger partial charge on any atom is 0.295 e. The number of amides is 1. The summed E-state index contributed by atoms with van der Waals surface area (Å²) in [5.74, 6) is -0.172. The zero-order chi connectivity index (χ0) is 19.7. The first-order valence-electron chi connectivity index (χ1n) is 9.98. The van der Waals surface area contributed by atoms with Crippen LogP contribution in [0.15, 0.2) is 54.6 Å². The molecule has 4 nitrogen and oxygen atoms in total. The number of piperidine rings is 1. The number of hydrogen-bond donors (Lipinski definition) is 0. The highest BCUT2D eigenvalue weighted by Gasteiger charge is 2.30. The van der Waals surface area contributed by atoms with Gasteiger partial charge in [0.2, 0.25) is 0 Å². The number of fused-ring (bicyclic) bond motifs is 1. The highest BCUT2D eigenvalue weighted by atomic mass is 16.2. The normalized spacial score (nSPS) is 15.1. The van der Waals surface area contributed by atoms with Crippen LogP contribution in [0.1, 0.15) is 34.5 Å². The monoisotopic (exact) mass is 374 g/mol. The van der Waals surface area contributed by atoms with Crippen molar-refractivity contribution in [1.29, 1.82) is 0 Å². The van der Waals surface area contributed by atoms with E-state index < -0.39 is 0 Å². The quantitative estimate of drug-likeness (QED) is 0.508. The number of ketones is 1. The summed E-state index contributed by atoms with van der Waals surface area (Å²) in [5, 5.41) is 0.861. The van der Waals surface area contributed by atoms with Crippen LogP contribution in [0.5, 0.6) is 0 Å². The predicted octanol–water partition coefficient (Wildman–Crippen LogP) is 4.15. The van der Waals surface area contributed by atoms with Crippen molar-refractivity contribution in [1.82, 2.24) is 9.47 Å². The van der Waals surface area contributed by atoms with Crippen LogP contribution in [-0.4, -0.2) is 34.2 Å². The van der Waals surface area contributed by atoms with Crippen molar-refractivity contribution in [2.75, 3.05) is 13.1 Å². The lowest BCUT2D eigenvalue weighted by atomic mass is 9.90. The Labute approximate surface area is 165 Å². The van der Waals surface area contributed by atoms with Crippen molar-refractivity contribution in [2.45, 2.75) is 26.2 Å². The molecule has 1 saturated heterocycles. The lowest BCUT2D eigenvalue weighted by molar-refractivity contribution is -0.127. The van der Waals surface area contributed by atoms with E-state index >= 15 is 0 Å². The first kappa shape index (κ1) is 18.5. The van der Waals surface area contributed by atoms with Crippen molar-refractivity contribution in [2.24, 2.45) is 13.0 Å². The van der Waals surface area contributed by atoms with Gasteiger partial charge in [-0.05, 0) is 43.7 Å². The van der Waals surface area contributed by atoms with Crippen LogP contribution in [0.2, 0.25) is 0 Å². The smallest absolute Gasteiger partial charge is 0.295 e. The molecule has 1 amide bonds. The van der Waals surface area contributed by atoms with Crippen molar-refractivity contribution in [3.63, 3.8) is 0 Å². The lowest BCUT2D eigenvalue weighted by Crippen LogP contribution is -2.42. The molecule has 1 aliphatic heterocycles. The van der Waals surface area contributed by atoms with Gasteiger partial charge in [-0.2, -0.15) is 0 Å². The van der Waals surface area contributed by atoms with Crippen molar-refractivity contribution < 1.29 is 9.59 Å². The highest BCUT2D eigenvalue weighted by Crippen LogP contribution is 2.27.